The molecule has 5 heteroatoms. The molecule has 0 bridgehead atoms. The number of carbonyl (C=O) groups excluding carboxylic acids is 3. The van der Waals surface area contributed by atoms with E-state index in [2.05, 4.69) is 13.8 Å². The molecule has 0 aromatic heterocycles. The summed E-state index contributed by atoms with van der Waals surface area (Å²) in [6.07, 6.45) is 7.24. The Kier molecular flexibility index (Phi) is 4.86. The third-order valence-corrected chi connectivity index (χ3v) is 8.85. The van der Waals surface area contributed by atoms with Crippen LogP contribution in [0.2, 0.25) is 0 Å². The van der Waals surface area contributed by atoms with Crippen LogP contribution in [0, 0.1) is 34.5 Å². The zero-order valence-corrected chi connectivity index (χ0v) is 17.7. The van der Waals surface area contributed by atoms with Crippen molar-refractivity contribution < 1.29 is 23.9 Å². The van der Waals surface area contributed by atoms with Crippen LogP contribution in [0.1, 0.15) is 79.1 Å². The first-order valence-corrected chi connectivity index (χ1v) is 11.0. The molecule has 4 saturated carbocycles. The van der Waals surface area contributed by atoms with Crippen molar-refractivity contribution in [3.8, 4) is 0 Å². The lowest BCUT2D eigenvalue weighted by molar-refractivity contribution is -0.175. The Morgan fingerprint density at radius 3 is 2.32 bits per heavy atom. The highest BCUT2D eigenvalue weighted by Crippen LogP contribution is 2.65. The first-order valence-electron chi connectivity index (χ1n) is 11.0. The summed E-state index contributed by atoms with van der Waals surface area (Å²) in [4.78, 5) is 36.5. The molecule has 0 aromatic carbocycles. The number of hydrogen-bond acceptors (Lipinski definition) is 5. The van der Waals surface area contributed by atoms with Crippen LogP contribution in [-0.2, 0) is 23.9 Å². The predicted molar refractivity (Wildman–Crippen MR) is 103 cm³/mol. The summed E-state index contributed by atoms with van der Waals surface area (Å²) < 4.78 is 11.2. The molecule has 0 aromatic rings. The topological polar surface area (TPSA) is 69.7 Å². The number of ketones is 1. The average molecular weight is 391 g/mol. The van der Waals surface area contributed by atoms with Gasteiger partial charge in [-0.05, 0) is 68.1 Å². The van der Waals surface area contributed by atoms with Crippen molar-refractivity contribution in [3.63, 3.8) is 0 Å². The lowest BCUT2D eigenvalue weighted by Gasteiger charge is -2.59. The van der Waals surface area contributed by atoms with Gasteiger partial charge in [-0.2, -0.15) is 0 Å². The number of esters is 2. The molecular formula is C23H34O5. The van der Waals surface area contributed by atoms with E-state index in [0.29, 0.717) is 30.0 Å². The molecule has 0 N–H and O–H groups in total. The van der Waals surface area contributed by atoms with Gasteiger partial charge < -0.3 is 9.47 Å². The number of ether oxygens (including phenoxy) is 2. The Hall–Kier alpha value is -1.39. The second-order valence-electron chi connectivity index (χ2n) is 10.4. The molecule has 0 saturated heterocycles. The summed E-state index contributed by atoms with van der Waals surface area (Å²) >= 11 is 0. The maximum absolute atomic E-state index is 13.5. The van der Waals surface area contributed by atoms with E-state index in [0.717, 1.165) is 44.9 Å². The second-order valence-corrected chi connectivity index (χ2v) is 10.4. The highest BCUT2D eigenvalue weighted by molar-refractivity contribution is 5.84. The molecule has 4 aliphatic rings. The van der Waals surface area contributed by atoms with Gasteiger partial charge >= 0.3 is 11.9 Å². The summed E-state index contributed by atoms with van der Waals surface area (Å²) in [5, 5.41) is 0. The monoisotopic (exact) mass is 390 g/mol. The Morgan fingerprint density at radius 2 is 1.64 bits per heavy atom. The fourth-order valence-corrected chi connectivity index (χ4v) is 7.73. The van der Waals surface area contributed by atoms with Gasteiger partial charge in [0.05, 0.1) is 0 Å². The van der Waals surface area contributed by atoms with Gasteiger partial charge in [0.25, 0.3) is 0 Å². The van der Waals surface area contributed by atoms with Crippen LogP contribution in [0.25, 0.3) is 0 Å². The minimum Gasteiger partial charge on any atom is -0.463 e. The Morgan fingerprint density at radius 1 is 0.929 bits per heavy atom. The van der Waals surface area contributed by atoms with Crippen molar-refractivity contribution in [2.75, 3.05) is 0 Å². The molecule has 8 atom stereocenters. The molecule has 0 amide bonds. The smallest absolute Gasteiger partial charge is 0.302 e. The molecule has 0 radical (unpaired) electrons. The fraction of sp³-hybridized carbons (Fsp3) is 0.870. The Balaban J connectivity index is 1.57. The summed E-state index contributed by atoms with van der Waals surface area (Å²) in [7, 11) is 0. The number of Topliss-reactive ketones (excluding diaryl/α,β-unsaturated/α-hetero) is 1. The second kappa shape index (κ2) is 6.84. The van der Waals surface area contributed by atoms with Gasteiger partial charge in [-0.1, -0.05) is 13.8 Å². The molecule has 4 fully saturated rings. The zero-order valence-electron chi connectivity index (χ0n) is 17.7. The van der Waals surface area contributed by atoms with Crippen LogP contribution in [0.3, 0.4) is 0 Å². The van der Waals surface area contributed by atoms with E-state index in [1.165, 1.54) is 13.8 Å². The molecule has 156 valence electrons. The molecule has 4 rings (SSSR count). The van der Waals surface area contributed by atoms with E-state index in [1.807, 2.05) is 0 Å². The number of carbonyl (C=O) groups is 3. The van der Waals surface area contributed by atoms with E-state index in [4.69, 9.17) is 9.47 Å². The van der Waals surface area contributed by atoms with Crippen LogP contribution < -0.4 is 0 Å². The van der Waals surface area contributed by atoms with E-state index in [-0.39, 0.29) is 40.9 Å². The maximum atomic E-state index is 13.5. The number of fused-ring (bicyclic) bond motifs is 5. The molecule has 8 unspecified atom stereocenters. The SMILES string of the molecule is CC(=O)OC1CCC2(C)C(CCC3C4CCC(OC(C)=O)C4(C)CC(=O)C32)C1. The lowest BCUT2D eigenvalue weighted by atomic mass is 9.44. The fourth-order valence-electron chi connectivity index (χ4n) is 7.73. The first kappa shape index (κ1) is 19.9. The van der Waals surface area contributed by atoms with Gasteiger partial charge in [0.2, 0.25) is 0 Å². The minimum atomic E-state index is -0.235. The van der Waals surface area contributed by atoms with Crippen molar-refractivity contribution in [1.82, 2.24) is 0 Å². The van der Waals surface area contributed by atoms with Crippen LogP contribution in [0.15, 0.2) is 0 Å². The van der Waals surface area contributed by atoms with E-state index in [9.17, 15) is 14.4 Å². The summed E-state index contributed by atoms with van der Waals surface area (Å²) in [6.45, 7) is 7.45. The van der Waals surface area contributed by atoms with Crippen LogP contribution >= 0.6 is 0 Å². The number of rotatable bonds is 2. The van der Waals surface area contributed by atoms with Gasteiger partial charge in [0.1, 0.15) is 18.0 Å². The normalized spacial score (nSPS) is 47.5. The van der Waals surface area contributed by atoms with E-state index in [1.54, 1.807) is 0 Å². The quantitative estimate of drug-likeness (QED) is 0.665. The van der Waals surface area contributed by atoms with Crippen molar-refractivity contribution in [2.45, 2.75) is 91.3 Å². The van der Waals surface area contributed by atoms with Gasteiger partial charge in [0, 0.05) is 31.6 Å². The maximum Gasteiger partial charge on any atom is 0.302 e. The predicted octanol–water partition coefficient (Wildman–Crippen LogP) is 4.07. The van der Waals surface area contributed by atoms with Crippen molar-refractivity contribution in [1.29, 1.82) is 0 Å². The number of hydrogen-bond donors (Lipinski definition) is 0. The molecule has 0 aliphatic heterocycles. The van der Waals surface area contributed by atoms with E-state index < -0.39 is 0 Å². The molecule has 28 heavy (non-hydrogen) atoms. The van der Waals surface area contributed by atoms with Gasteiger partial charge in [0.15, 0.2) is 0 Å². The summed E-state index contributed by atoms with van der Waals surface area (Å²) in [5.74, 6) is 1.36. The van der Waals surface area contributed by atoms with Crippen molar-refractivity contribution in [3.05, 3.63) is 0 Å². The van der Waals surface area contributed by atoms with E-state index >= 15 is 0 Å². The first-order chi connectivity index (χ1) is 13.1. The van der Waals surface area contributed by atoms with Gasteiger partial charge in [-0.3, -0.25) is 14.4 Å². The van der Waals surface area contributed by atoms with Crippen molar-refractivity contribution in [2.24, 2.45) is 34.5 Å². The zero-order chi connectivity index (χ0) is 20.3. The van der Waals surface area contributed by atoms with Gasteiger partial charge in [-0.25, -0.2) is 0 Å². The third-order valence-electron chi connectivity index (χ3n) is 8.85. The Bertz CT molecular complexity index is 686. The molecule has 0 heterocycles. The van der Waals surface area contributed by atoms with Crippen LogP contribution in [0.4, 0.5) is 0 Å². The van der Waals surface area contributed by atoms with Crippen LogP contribution in [0.5, 0.6) is 0 Å². The largest absolute Gasteiger partial charge is 0.463 e. The Labute approximate surface area is 167 Å². The third kappa shape index (κ3) is 3.00. The standard InChI is InChI=1S/C23H34O5/c1-13(24)27-16-9-10-22(3)15(11-16)5-6-17-18-7-8-20(28-14(2)25)23(18,4)12-19(26)21(17)22/h15-18,20-21H,5-12H2,1-4H3. The highest BCUT2D eigenvalue weighted by Gasteiger charge is 2.64. The summed E-state index contributed by atoms with van der Waals surface area (Å²) in [5.41, 5.74) is -0.195. The van der Waals surface area contributed by atoms with Gasteiger partial charge in [-0.15, -0.1) is 0 Å². The molecule has 4 aliphatic carbocycles. The lowest BCUT2D eigenvalue weighted by Crippen LogP contribution is -2.58. The molecule has 5 nitrogen and oxygen atoms in total. The minimum absolute atomic E-state index is 0.0101. The summed E-state index contributed by atoms with van der Waals surface area (Å²) in [6, 6.07) is 0. The van der Waals surface area contributed by atoms with Crippen molar-refractivity contribution >= 4 is 17.7 Å². The average Bonchev–Trinajstić information content (AvgIpc) is 2.90. The highest BCUT2D eigenvalue weighted by atomic mass is 16.5. The van der Waals surface area contributed by atoms with Crippen LogP contribution in [-0.4, -0.2) is 29.9 Å². The molecular weight excluding hydrogens is 356 g/mol. The molecule has 0 spiro atoms.